The minimum atomic E-state index is 0.177. The number of nitrogens with one attached hydrogen (secondary N) is 1. The number of morpholine rings is 1. The van der Waals surface area contributed by atoms with Gasteiger partial charge in [-0.25, -0.2) is 0 Å². The number of nitrogens with zero attached hydrogens (tertiary/aromatic N) is 1. The van der Waals surface area contributed by atoms with Gasteiger partial charge in [0.05, 0.1) is 6.61 Å². The second kappa shape index (κ2) is 8.37. The Labute approximate surface area is 128 Å². The smallest absolute Gasteiger partial charge is 0.119 e. The zero-order valence-corrected chi connectivity index (χ0v) is 13.5. The summed E-state index contributed by atoms with van der Waals surface area (Å²) in [6, 6.07) is 8.32. The molecule has 0 aromatic heterocycles. The van der Waals surface area contributed by atoms with E-state index in [0.29, 0.717) is 12.5 Å². The van der Waals surface area contributed by atoms with E-state index in [-0.39, 0.29) is 6.10 Å². The van der Waals surface area contributed by atoms with Crippen molar-refractivity contribution in [2.75, 3.05) is 39.9 Å². The maximum atomic E-state index is 5.82. The summed E-state index contributed by atoms with van der Waals surface area (Å²) in [5, 5.41) is 3.44. The Bertz CT molecular complexity index is 406. The van der Waals surface area contributed by atoms with Crippen molar-refractivity contribution in [1.29, 1.82) is 0 Å². The van der Waals surface area contributed by atoms with E-state index in [4.69, 9.17) is 9.47 Å². The number of benzene rings is 1. The van der Waals surface area contributed by atoms with E-state index < -0.39 is 0 Å². The van der Waals surface area contributed by atoms with Crippen molar-refractivity contribution >= 4 is 0 Å². The number of ether oxygens (including phenoxy) is 2. The lowest BCUT2D eigenvalue weighted by Gasteiger charge is -2.29. The Balaban J connectivity index is 1.71. The zero-order chi connectivity index (χ0) is 15.1. The third-order valence-electron chi connectivity index (χ3n) is 3.58. The molecule has 1 unspecified atom stereocenters. The molecule has 1 aromatic carbocycles. The van der Waals surface area contributed by atoms with Gasteiger partial charge < -0.3 is 19.7 Å². The lowest BCUT2D eigenvalue weighted by Crippen LogP contribution is -2.42. The largest absolute Gasteiger partial charge is 0.491 e. The second-order valence-electron chi connectivity index (χ2n) is 6.23. The minimum absolute atomic E-state index is 0.177. The lowest BCUT2D eigenvalue weighted by atomic mass is 10.2. The van der Waals surface area contributed by atoms with E-state index in [1.54, 1.807) is 0 Å². The molecule has 1 N–H and O–H groups in total. The number of hydrogen-bond donors (Lipinski definition) is 1. The first-order chi connectivity index (χ1) is 10.1. The Hall–Kier alpha value is -1.10. The third-order valence-corrected chi connectivity index (χ3v) is 3.58. The van der Waals surface area contributed by atoms with Crippen molar-refractivity contribution < 1.29 is 9.47 Å². The molecule has 21 heavy (non-hydrogen) atoms. The molecule has 0 aliphatic carbocycles. The standard InChI is InChI=1S/C17H28N2O2/c1-14(2)10-18-11-15-4-6-16(7-5-15)21-13-17-12-19(3)8-9-20-17/h4-7,14,17-18H,8-13H2,1-3H3. The molecule has 1 saturated heterocycles. The maximum Gasteiger partial charge on any atom is 0.119 e. The fourth-order valence-corrected chi connectivity index (χ4v) is 2.37. The monoisotopic (exact) mass is 292 g/mol. The van der Waals surface area contributed by atoms with Gasteiger partial charge in [-0.1, -0.05) is 26.0 Å². The van der Waals surface area contributed by atoms with Crippen molar-refractivity contribution in [3.05, 3.63) is 29.8 Å². The zero-order valence-electron chi connectivity index (χ0n) is 13.5. The molecule has 0 bridgehead atoms. The summed E-state index contributed by atoms with van der Waals surface area (Å²) in [5.41, 5.74) is 1.29. The van der Waals surface area contributed by atoms with Gasteiger partial charge in [-0.2, -0.15) is 0 Å². The summed E-state index contributed by atoms with van der Waals surface area (Å²) < 4.78 is 11.5. The van der Waals surface area contributed by atoms with E-state index in [2.05, 4.69) is 43.2 Å². The van der Waals surface area contributed by atoms with Crippen molar-refractivity contribution in [2.24, 2.45) is 5.92 Å². The van der Waals surface area contributed by atoms with Gasteiger partial charge in [-0.3, -0.25) is 0 Å². The van der Waals surface area contributed by atoms with Crippen molar-refractivity contribution in [1.82, 2.24) is 10.2 Å². The molecule has 1 aliphatic heterocycles. The summed E-state index contributed by atoms with van der Waals surface area (Å²) in [7, 11) is 2.12. The predicted octanol–water partition coefficient (Wildman–Crippen LogP) is 2.14. The number of rotatable bonds is 7. The molecular weight excluding hydrogens is 264 g/mol. The van der Waals surface area contributed by atoms with Gasteiger partial charge in [-0.05, 0) is 37.2 Å². The molecule has 4 nitrogen and oxygen atoms in total. The van der Waals surface area contributed by atoms with Gasteiger partial charge in [0.15, 0.2) is 0 Å². The molecule has 2 rings (SSSR count). The van der Waals surface area contributed by atoms with Gasteiger partial charge in [0.2, 0.25) is 0 Å². The molecule has 0 spiro atoms. The molecule has 1 aliphatic rings. The van der Waals surface area contributed by atoms with E-state index in [1.807, 2.05) is 12.1 Å². The first kappa shape index (κ1) is 16.3. The Morgan fingerprint density at radius 3 is 2.76 bits per heavy atom. The van der Waals surface area contributed by atoms with Crippen LogP contribution in [-0.4, -0.2) is 50.9 Å². The van der Waals surface area contributed by atoms with E-state index in [9.17, 15) is 0 Å². The molecule has 0 saturated carbocycles. The van der Waals surface area contributed by atoms with Gasteiger partial charge in [-0.15, -0.1) is 0 Å². The average Bonchev–Trinajstić information content (AvgIpc) is 2.46. The average molecular weight is 292 g/mol. The van der Waals surface area contributed by atoms with Gasteiger partial charge in [0, 0.05) is 19.6 Å². The number of likely N-dealkylation sites (N-methyl/N-ethyl adjacent to an activating group) is 1. The van der Waals surface area contributed by atoms with Gasteiger partial charge in [0.25, 0.3) is 0 Å². The maximum absolute atomic E-state index is 5.82. The van der Waals surface area contributed by atoms with Crippen LogP contribution >= 0.6 is 0 Å². The molecule has 0 amide bonds. The van der Waals surface area contributed by atoms with Gasteiger partial charge in [0.1, 0.15) is 18.5 Å². The van der Waals surface area contributed by atoms with Crippen LogP contribution < -0.4 is 10.1 Å². The Kier molecular flexibility index (Phi) is 6.49. The summed E-state index contributed by atoms with van der Waals surface area (Å²) in [6.07, 6.45) is 0.177. The van der Waals surface area contributed by atoms with Crippen LogP contribution in [0.25, 0.3) is 0 Å². The fourth-order valence-electron chi connectivity index (χ4n) is 2.37. The second-order valence-corrected chi connectivity index (χ2v) is 6.23. The first-order valence-electron chi connectivity index (χ1n) is 7.86. The summed E-state index contributed by atoms with van der Waals surface area (Å²) >= 11 is 0. The van der Waals surface area contributed by atoms with Crippen LogP contribution in [0.4, 0.5) is 0 Å². The van der Waals surface area contributed by atoms with Crippen LogP contribution in [0, 0.1) is 5.92 Å². The normalized spacial score (nSPS) is 19.9. The summed E-state index contributed by atoms with van der Waals surface area (Å²) in [4.78, 5) is 2.28. The Morgan fingerprint density at radius 2 is 2.10 bits per heavy atom. The number of hydrogen-bond acceptors (Lipinski definition) is 4. The topological polar surface area (TPSA) is 33.7 Å². The summed E-state index contributed by atoms with van der Waals surface area (Å²) in [6.45, 7) is 9.76. The van der Waals surface area contributed by atoms with Crippen LogP contribution in [0.5, 0.6) is 5.75 Å². The van der Waals surface area contributed by atoms with E-state index in [0.717, 1.165) is 38.5 Å². The van der Waals surface area contributed by atoms with Crippen LogP contribution in [0.15, 0.2) is 24.3 Å². The predicted molar refractivity (Wildman–Crippen MR) is 85.7 cm³/mol. The lowest BCUT2D eigenvalue weighted by molar-refractivity contribution is -0.0403. The highest BCUT2D eigenvalue weighted by Crippen LogP contribution is 2.14. The highest BCUT2D eigenvalue weighted by Gasteiger charge is 2.18. The molecule has 1 fully saturated rings. The molecular formula is C17H28N2O2. The molecule has 1 heterocycles. The third kappa shape index (κ3) is 6.04. The van der Waals surface area contributed by atoms with Crippen molar-refractivity contribution in [2.45, 2.75) is 26.5 Å². The highest BCUT2D eigenvalue weighted by molar-refractivity contribution is 5.27. The summed E-state index contributed by atoms with van der Waals surface area (Å²) in [5.74, 6) is 1.60. The molecule has 0 radical (unpaired) electrons. The minimum Gasteiger partial charge on any atom is -0.491 e. The molecule has 118 valence electrons. The van der Waals surface area contributed by atoms with E-state index >= 15 is 0 Å². The quantitative estimate of drug-likeness (QED) is 0.835. The van der Waals surface area contributed by atoms with Crippen LogP contribution in [0.1, 0.15) is 19.4 Å². The van der Waals surface area contributed by atoms with Crippen molar-refractivity contribution in [3.8, 4) is 5.75 Å². The molecule has 4 heteroatoms. The molecule has 1 aromatic rings. The van der Waals surface area contributed by atoms with E-state index in [1.165, 1.54) is 5.56 Å². The van der Waals surface area contributed by atoms with Crippen LogP contribution in [0.2, 0.25) is 0 Å². The SMILES string of the molecule is CC(C)CNCc1ccc(OCC2CN(C)CCO2)cc1. The van der Waals surface area contributed by atoms with Crippen molar-refractivity contribution in [3.63, 3.8) is 0 Å². The van der Waals surface area contributed by atoms with Crippen LogP contribution in [-0.2, 0) is 11.3 Å². The fraction of sp³-hybridized carbons (Fsp3) is 0.647. The van der Waals surface area contributed by atoms with Gasteiger partial charge >= 0.3 is 0 Å². The van der Waals surface area contributed by atoms with Crippen LogP contribution in [0.3, 0.4) is 0 Å². The highest BCUT2D eigenvalue weighted by atomic mass is 16.5. The Morgan fingerprint density at radius 1 is 1.33 bits per heavy atom. The molecule has 1 atom stereocenters. The first-order valence-corrected chi connectivity index (χ1v) is 7.86.